The molecule has 0 amide bonds. The van der Waals surface area contributed by atoms with Gasteiger partial charge in [-0.15, -0.1) is 11.8 Å². The van der Waals surface area contributed by atoms with Crippen LogP contribution in [0.5, 0.6) is 0 Å². The van der Waals surface area contributed by atoms with Crippen molar-refractivity contribution in [1.29, 1.82) is 0 Å². The van der Waals surface area contributed by atoms with Crippen molar-refractivity contribution in [2.24, 2.45) is 5.73 Å². The number of thioether (sulfide) groups is 1. The van der Waals surface area contributed by atoms with E-state index in [1.165, 1.54) is 10.5 Å². The summed E-state index contributed by atoms with van der Waals surface area (Å²) >= 11 is 5.23. The Balaban J connectivity index is 1.82. The van der Waals surface area contributed by atoms with E-state index in [4.69, 9.17) is 5.73 Å². The lowest BCUT2D eigenvalue weighted by Gasteiger charge is -2.11. The second-order valence-corrected chi connectivity index (χ2v) is 6.75. The molecule has 0 aliphatic carbocycles. The van der Waals surface area contributed by atoms with E-state index in [0.717, 1.165) is 28.8 Å². The van der Waals surface area contributed by atoms with Gasteiger partial charge in [-0.25, -0.2) is 0 Å². The first-order chi connectivity index (χ1) is 9.67. The van der Waals surface area contributed by atoms with Crippen molar-refractivity contribution < 1.29 is 0 Å². The quantitative estimate of drug-likeness (QED) is 0.798. The fraction of sp³-hybridized carbons (Fsp3) is 0.312. The summed E-state index contributed by atoms with van der Waals surface area (Å²) < 4.78 is 1.10. The topological polar surface area (TPSA) is 38.9 Å². The highest BCUT2D eigenvalue weighted by Gasteiger charge is 2.06. The molecule has 20 heavy (non-hydrogen) atoms. The van der Waals surface area contributed by atoms with E-state index in [1.54, 1.807) is 11.8 Å². The SMILES string of the molecule is CCc1ccc(CC(N)CSc2ccc(Br)cc2)nc1. The van der Waals surface area contributed by atoms with E-state index >= 15 is 0 Å². The minimum Gasteiger partial charge on any atom is -0.327 e. The van der Waals surface area contributed by atoms with Crippen LogP contribution in [0.2, 0.25) is 0 Å². The van der Waals surface area contributed by atoms with Crippen LogP contribution in [0.3, 0.4) is 0 Å². The fourth-order valence-corrected chi connectivity index (χ4v) is 2.96. The highest BCUT2D eigenvalue weighted by atomic mass is 79.9. The molecule has 0 saturated carbocycles. The molecule has 2 aromatic rings. The second-order valence-electron chi connectivity index (χ2n) is 4.74. The molecule has 0 aliphatic heterocycles. The molecular formula is C16H19BrN2S. The molecule has 1 atom stereocenters. The molecule has 0 radical (unpaired) electrons. The Morgan fingerprint density at radius 1 is 1.20 bits per heavy atom. The Morgan fingerprint density at radius 3 is 2.55 bits per heavy atom. The lowest BCUT2D eigenvalue weighted by Crippen LogP contribution is -2.26. The number of aryl methyl sites for hydroxylation is 1. The number of nitrogens with zero attached hydrogens (tertiary/aromatic N) is 1. The number of aromatic nitrogens is 1. The van der Waals surface area contributed by atoms with Gasteiger partial charge < -0.3 is 5.73 Å². The maximum Gasteiger partial charge on any atom is 0.0419 e. The maximum absolute atomic E-state index is 6.18. The van der Waals surface area contributed by atoms with Crippen LogP contribution in [0, 0.1) is 0 Å². The summed E-state index contributed by atoms with van der Waals surface area (Å²) in [7, 11) is 0. The van der Waals surface area contributed by atoms with Crippen molar-refractivity contribution in [2.45, 2.75) is 30.7 Å². The van der Waals surface area contributed by atoms with E-state index in [1.807, 2.05) is 6.20 Å². The zero-order valence-corrected chi connectivity index (χ0v) is 14.0. The van der Waals surface area contributed by atoms with Gasteiger partial charge in [-0.1, -0.05) is 28.9 Å². The molecular weight excluding hydrogens is 332 g/mol. The Bertz CT molecular complexity index is 525. The summed E-state index contributed by atoms with van der Waals surface area (Å²) in [6.07, 6.45) is 3.80. The number of halogens is 1. The van der Waals surface area contributed by atoms with Crippen LogP contribution in [-0.4, -0.2) is 16.8 Å². The minimum absolute atomic E-state index is 0.128. The Hall–Kier alpha value is -0.840. The summed E-state index contributed by atoms with van der Waals surface area (Å²) in [6, 6.07) is 12.7. The van der Waals surface area contributed by atoms with Gasteiger partial charge in [0, 0.05) is 39.5 Å². The molecule has 4 heteroatoms. The van der Waals surface area contributed by atoms with E-state index in [2.05, 4.69) is 64.2 Å². The van der Waals surface area contributed by atoms with Crippen LogP contribution in [0.15, 0.2) is 52.0 Å². The normalized spacial score (nSPS) is 12.3. The second kappa shape index (κ2) is 7.81. The lowest BCUT2D eigenvalue weighted by molar-refractivity contribution is 0.731. The van der Waals surface area contributed by atoms with Crippen LogP contribution < -0.4 is 5.73 Å². The summed E-state index contributed by atoms with van der Waals surface area (Å²) in [4.78, 5) is 5.71. The Kier molecular flexibility index (Phi) is 6.07. The molecule has 1 aromatic heterocycles. The third-order valence-corrected chi connectivity index (χ3v) is 4.77. The van der Waals surface area contributed by atoms with Crippen LogP contribution in [-0.2, 0) is 12.8 Å². The number of benzene rings is 1. The molecule has 1 unspecified atom stereocenters. The van der Waals surface area contributed by atoms with Crippen molar-refractivity contribution >= 4 is 27.7 Å². The van der Waals surface area contributed by atoms with E-state index in [-0.39, 0.29) is 6.04 Å². The van der Waals surface area contributed by atoms with Gasteiger partial charge in [0.2, 0.25) is 0 Å². The number of nitrogens with two attached hydrogens (primary N) is 1. The summed E-state index contributed by atoms with van der Waals surface area (Å²) in [5.74, 6) is 0.902. The van der Waals surface area contributed by atoms with Crippen LogP contribution in [0.4, 0.5) is 0 Å². The van der Waals surface area contributed by atoms with Crippen LogP contribution in [0.25, 0.3) is 0 Å². The first-order valence-corrected chi connectivity index (χ1v) is 8.53. The minimum atomic E-state index is 0.128. The smallest absolute Gasteiger partial charge is 0.0419 e. The average molecular weight is 351 g/mol. The van der Waals surface area contributed by atoms with Gasteiger partial charge in [0.25, 0.3) is 0 Å². The van der Waals surface area contributed by atoms with Gasteiger partial charge in [-0.2, -0.15) is 0 Å². The fourth-order valence-electron chi connectivity index (χ4n) is 1.85. The van der Waals surface area contributed by atoms with Crippen LogP contribution in [0.1, 0.15) is 18.2 Å². The van der Waals surface area contributed by atoms with Gasteiger partial charge in [0.15, 0.2) is 0 Å². The molecule has 106 valence electrons. The third kappa shape index (κ3) is 4.93. The summed E-state index contributed by atoms with van der Waals surface area (Å²) in [6.45, 7) is 2.14. The third-order valence-electron chi connectivity index (χ3n) is 3.04. The van der Waals surface area contributed by atoms with Crippen molar-refractivity contribution in [2.75, 3.05) is 5.75 Å². The molecule has 0 bridgehead atoms. The van der Waals surface area contributed by atoms with Gasteiger partial charge in [0.1, 0.15) is 0 Å². The van der Waals surface area contributed by atoms with E-state index in [9.17, 15) is 0 Å². The summed E-state index contributed by atoms with van der Waals surface area (Å²) in [5.41, 5.74) is 8.53. The molecule has 2 nitrogen and oxygen atoms in total. The number of hydrogen-bond donors (Lipinski definition) is 1. The zero-order chi connectivity index (χ0) is 14.4. The Labute approximate surface area is 133 Å². The first kappa shape index (κ1) is 15.5. The van der Waals surface area contributed by atoms with Crippen LogP contribution >= 0.6 is 27.7 Å². The average Bonchev–Trinajstić information content (AvgIpc) is 2.47. The predicted molar refractivity (Wildman–Crippen MR) is 90.2 cm³/mol. The lowest BCUT2D eigenvalue weighted by atomic mass is 10.1. The highest BCUT2D eigenvalue weighted by Crippen LogP contribution is 2.21. The number of rotatable bonds is 6. The standard InChI is InChI=1S/C16H19BrN2S/c1-2-12-3-6-15(19-10-12)9-14(18)11-20-16-7-4-13(17)5-8-16/h3-8,10,14H,2,9,11,18H2,1H3. The molecule has 2 rings (SSSR count). The monoisotopic (exact) mass is 350 g/mol. The van der Waals surface area contributed by atoms with Crippen molar-refractivity contribution in [1.82, 2.24) is 4.98 Å². The molecule has 1 aromatic carbocycles. The first-order valence-electron chi connectivity index (χ1n) is 6.75. The molecule has 1 heterocycles. The highest BCUT2D eigenvalue weighted by molar-refractivity contribution is 9.10. The van der Waals surface area contributed by atoms with Gasteiger partial charge >= 0.3 is 0 Å². The molecule has 0 saturated heterocycles. The van der Waals surface area contributed by atoms with Gasteiger partial charge in [-0.05, 0) is 42.3 Å². The Morgan fingerprint density at radius 2 is 1.95 bits per heavy atom. The number of hydrogen-bond acceptors (Lipinski definition) is 3. The van der Waals surface area contributed by atoms with Gasteiger partial charge in [0.05, 0.1) is 0 Å². The molecule has 0 aliphatic rings. The van der Waals surface area contributed by atoms with Gasteiger partial charge in [-0.3, -0.25) is 4.98 Å². The van der Waals surface area contributed by atoms with E-state index < -0.39 is 0 Å². The van der Waals surface area contributed by atoms with E-state index in [0.29, 0.717) is 0 Å². The zero-order valence-electron chi connectivity index (χ0n) is 11.6. The largest absolute Gasteiger partial charge is 0.327 e. The molecule has 0 spiro atoms. The summed E-state index contributed by atoms with van der Waals surface area (Å²) in [5, 5.41) is 0. The van der Waals surface area contributed by atoms with Crippen molar-refractivity contribution in [3.8, 4) is 0 Å². The molecule has 0 fully saturated rings. The molecule has 2 N–H and O–H groups in total. The van der Waals surface area contributed by atoms with Crippen molar-refractivity contribution in [3.63, 3.8) is 0 Å². The predicted octanol–water partition coefficient (Wildman–Crippen LogP) is 4.07. The maximum atomic E-state index is 6.18. The number of pyridine rings is 1. The van der Waals surface area contributed by atoms with Crippen molar-refractivity contribution in [3.05, 3.63) is 58.3 Å².